The van der Waals surface area contributed by atoms with Crippen LogP contribution in [0.4, 0.5) is 0 Å². The van der Waals surface area contributed by atoms with Crippen molar-refractivity contribution >= 4 is 15.9 Å². The van der Waals surface area contributed by atoms with Gasteiger partial charge in [0.1, 0.15) is 19.0 Å². The van der Waals surface area contributed by atoms with E-state index in [0.717, 1.165) is 15.8 Å². The Labute approximate surface area is 146 Å². The number of fused-ring (bicyclic) bond motifs is 1. The molecule has 2 heterocycles. The molecule has 0 bridgehead atoms. The van der Waals surface area contributed by atoms with E-state index >= 15 is 0 Å². The molecule has 4 rings (SSSR count). The molecule has 122 valence electrons. The predicted molar refractivity (Wildman–Crippen MR) is 89.2 cm³/mol. The molecule has 0 fully saturated rings. The largest absolute Gasteiger partial charge is 0.486 e. The summed E-state index contributed by atoms with van der Waals surface area (Å²) in [6.07, 6.45) is 0. The van der Waals surface area contributed by atoms with Gasteiger partial charge in [-0.25, -0.2) is 0 Å². The first-order chi connectivity index (χ1) is 11.8. The van der Waals surface area contributed by atoms with Crippen molar-refractivity contribution in [2.75, 3.05) is 13.2 Å². The van der Waals surface area contributed by atoms with Gasteiger partial charge >= 0.3 is 0 Å². The van der Waals surface area contributed by atoms with Gasteiger partial charge in [-0.15, -0.1) is 10.2 Å². The van der Waals surface area contributed by atoms with E-state index in [2.05, 4.69) is 26.1 Å². The first-order valence-corrected chi connectivity index (χ1v) is 8.18. The van der Waals surface area contributed by atoms with Crippen molar-refractivity contribution in [1.29, 1.82) is 0 Å². The maximum atomic E-state index is 5.69. The molecule has 0 spiro atoms. The molecule has 2 aromatic carbocycles. The molecular weight excluding hydrogens is 376 g/mol. The molecule has 6 nitrogen and oxygen atoms in total. The number of halogens is 1. The molecule has 0 radical (unpaired) electrons. The van der Waals surface area contributed by atoms with E-state index in [1.165, 1.54) is 0 Å². The molecule has 0 saturated heterocycles. The van der Waals surface area contributed by atoms with Crippen LogP contribution in [0.2, 0.25) is 0 Å². The molecule has 1 aromatic heterocycles. The fourth-order valence-electron chi connectivity index (χ4n) is 2.28. The molecule has 7 heteroatoms. The Hall–Kier alpha value is -2.54. The van der Waals surface area contributed by atoms with Crippen molar-refractivity contribution in [3.05, 3.63) is 52.8 Å². The summed E-state index contributed by atoms with van der Waals surface area (Å²) in [7, 11) is 0. The van der Waals surface area contributed by atoms with Crippen molar-refractivity contribution in [2.45, 2.75) is 6.61 Å². The molecule has 0 saturated carbocycles. The van der Waals surface area contributed by atoms with E-state index in [0.29, 0.717) is 36.5 Å². The van der Waals surface area contributed by atoms with E-state index in [1.54, 1.807) is 6.07 Å². The molecule has 0 atom stereocenters. The SMILES string of the molecule is Brc1ccc(-c2nnc(COc3ccc4c(c3)OCCO4)o2)cc1. The Morgan fingerprint density at radius 1 is 0.958 bits per heavy atom. The summed E-state index contributed by atoms with van der Waals surface area (Å²) in [5.41, 5.74) is 0.858. The van der Waals surface area contributed by atoms with Gasteiger partial charge in [0.15, 0.2) is 18.1 Å². The first-order valence-electron chi connectivity index (χ1n) is 7.39. The third-order valence-electron chi connectivity index (χ3n) is 3.43. The lowest BCUT2D eigenvalue weighted by Gasteiger charge is -2.18. The van der Waals surface area contributed by atoms with Gasteiger partial charge in [-0.2, -0.15) is 0 Å². The molecule has 24 heavy (non-hydrogen) atoms. The Kier molecular flexibility index (Phi) is 4.08. The third-order valence-corrected chi connectivity index (χ3v) is 3.96. The van der Waals surface area contributed by atoms with E-state index < -0.39 is 0 Å². The third kappa shape index (κ3) is 3.21. The number of hydrogen-bond donors (Lipinski definition) is 0. The van der Waals surface area contributed by atoms with Crippen LogP contribution in [0.15, 0.2) is 51.4 Å². The summed E-state index contributed by atoms with van der Waals surface area (Å²) in [4.78, 5) is 0. The molecular formula is C17H13BrN2O4. The average Bonchev–Trinajstić information content (AvgIpc) is 3.09. The van der Waals surface area contributed by atoms with Crippen LogP contribution in [0, 0.1) is 0 Å². The van der Waals surface area contributed by atoms with Gasteiger partial charge < -0.3 is 18.6 Å². The topological polar surface area (TPSA) is 66.6 Å². The van der Waals surface area contributed by atoms with Gasteiger partial charge in [-0.05, 0) is 36.4 Å². The van der Waals surface area contributed by atoms with Crippen molar-refractivity contribution in [2.24, 2.45) is 0 Å². The average molecular weight is 389 g/mol. The molecule has 1 aliphatic rings. The van der Waals surface area contributed by atoms with Crippen LogP contribution in [-0.4, -0.2) is 23.4 Å². The molecule has 0 N–H and O–H groups in total. The van der Waals surface area contributed by atoms with Gasteiger partial charge in [0, 0.05) is 16.1 Å². The smallest absolute Gasteiger partial charge is 0.254 e. The fourth-order valence-corrected chi connectivity index (χ4v) is 2.54. The van der Waals surface area contributed by atoms with Crippen LogP contribution < -0.4 is 14.2 Å². The van der Waals surface area contributed by atoms with Gasteiger partial charge in [0.2, 0.25) is 5.89 Å². The van der Waals surface area contributed by atoms with Crippen molar-refractivity contribution in [3.8, 4) is 28.7 Å². The molecule has 0 aliphatic carbocycles. The Balaban J connectivity index is 1.44. The summed E-state index contributed by atoms with van der Waals surface area (Å²) >= 11 is 3.39. The van der Waals surface area contributed by atoms with Crippen molar-refractivity contribution < 1.29 is 18.6 Å². The van der Waals surface area contributed by atoms with Crippen LogP contribution in [0.25, 0.3) is 11.5 Å². The summed E-state index contributed by atoms with van der Waals surface area (Å²) in [6, 6.07) is 13.1. The Morgan fingerprint density at radius 2 is 1.75 bits per heavy atom. The summed E-state index contributed by atoms with van der Waals surface area (Å²) in [5.74, 6) is 2.93. The maximum Gasteiger partial charge on any atom is 0.254 e. The quantitative estimate of drug-likeness (QED) is 0.676. The van der Waals surface area contributed by atoms with Crippen LogP contribution in [0.3, 0.4) is 0 Å². The second-order valence-electron chi connectivity index (χ2n) is 5.10. The highest BCUT2D eigenvalue weighted by atomic mass is 79.9. The number of rotatable bonds is 4. The van der Waals surface area contributed by atoms with Crippen LogP contribution in [0.1, 0.15) is 5.89 Å². The summed E-state index contributed by atoms with van der Waals surface area (Å²) in [5, 5.41) is 8.05. The van der Waals surface area contributed by atoms with Gasteiger partial charge in [0.25, 0.3) is 5.89 Å². The van der Waals surface area contributed by atoms with E-state index in [1.807, 2.05) is 36.4 Å². The molecule has 3 aromatic rings. The molecule has 0 unspecified atom stereocenters. The Morgan fingerprint density at radius 3 is 2.58 bits per heavy atom. The summed E-state index contributed by atoms with van der Waals surface area (Å²) < 4.78 is 23.3. The standard InChI is InChI=1S/C17H13BrN2O4/c18-12-3-1-11(2-4-12)17-20-19-16(24-17)10-23-13-5-6-14-15(9-13)22-8-7-21-14/h1-6,9H,7-8,10H2. The maximum absolute atomic E-state index is 5.69. The predicted octanol–water partition coefficient (Wildman–Crippen LogP) is 3.85. The summed E-state index contributed by atoms with van der Waals surface area (Å²) in [6.45, 7) is 1.29. The zero-order chi connectivity index (χ0) is 16.4. The van der Waals surface area contributed by atoms with E-state index in [-0.39, 0.29) is 6.61 Å². The van der Waals surface area contributed by atoms with Crippen LogP contribution in [0.5, 0.6) is 17.2 Å². The van der Waals surface area contributed by atoms with Crippen LogP contribution in [-0.2, 0) is 6.61 Å². The van der Waals surface area contributed by atoms with Crippen molar-refractivity contribution in [3.63, 3.8) is 0 Å². The first kappa shape index (κ1) is 15.0. The molecule has 0 amide bonds. The van der Waals surface area contributed by atoms with Crippen LogP contribution >= 0.6 is 15.9 Å². The second-order valence-corrected chi connectivity index (χ2v) is 6.02. The second kappa shape index (κ2) is 6.52. The lowest BCUT2D eigenvalue weighted by atomic mass is 10.2. The minimum atomic E-state index is 0.184. The van der Waals surface area contributed by atoms with E-state index in [4.69, 9.17) is 18.6 Å². The number of hydrogen-bond acceptors (Lipinski definition) is 6. The van der Waals surface area contributed by atoms with Gasteiger partial charge in [-0.1, -0.05) is 15.9 Å². The normalized spacial score (nSPS) is 12.9. The number of ether oxygens (including phenoxy) is 3. The Bertz CT molecular complexity index is 848. The minimum Gasteiger partial charge on any atom is -0.486 e. The highest BCUT2D eigenvalue weighted by Gasteiger charge is 2.13. The number of benzene rings is 2. The minimum absolute atomic E-state index is 0.184. The lowest BCUT2D eigenvalue weighted by molar-refractivity contribution is 0.170. The zero-order valence-corrected chi connectivity index (χ0v) is 14.2. The lowest BCUT2D eigenvalue weighted by Crippen LogP contribution is -2.15. The highest BCUT2D eigenvalue weighted by Crippen LogP contribution is 2.33. The zero-order valence-electron chi connectivity index (χ0n) is 12.6. The fraction of sp³-hybridized carbons (Fsp3) is 0.176. The van der Waals surface area contributed by atoms with Gasteiger partial charge in [-0.3, -0.25) is 0 Å². The van der Waals surface area contributed by atoms with Gasteiger partial charge in [0.05, 0.1) is 0 Å². The van der Waals surface area contributed by atoms with E-state index in [9.17, 15) is 0 Å². The number of nitrogens with zero attached hydrogens (tertiary/aromatic N) is 2. The number of aromatic nitrogens is 2. The molecule has 1 aliphatic heterocycles. The highest BCUT2D eigenvalue weighted by molar-refractivity contribution is 9.10. The van der Waals surface area contributed by atoms with Crippen molar-refractivity contribution in [1.82, 2.24) is 10.2 Å². The monoisotopic (exact) mass is 388 g/mol.